The molecule has 0 saturated heterocycles. The fourth-order valence-electron chi connectivity index (χ4n) is 1.33. The van der Waals surface area contributed by atoms with Crippen LogP contribution in [0.5, 0.6) is 5.75 Å². The number of allylic oxidation sites excluding steroid dienone is 1. The predicted molar refractivity (Wildman–Crippen MR) is 58.0 cm³/mol. The molecule has 0 amide bonds. The number of carbonyl (C=O) groups is 1. The maximum absolute atomic E-state index is 11.3. The fraction of sp³-hybridized carbons (Fsp3) is 0.250. The van der Waals surface area contributed by atoms with Gasteiger partial charge in [0, 0.05) is 0 Å². The van der Waals surface area contributed by atoms with E-state index in [1.165, 1.54) is 7.11 Å². The van der Waals surface area contributed by atoms with Gasteiger partial charge in [-0.25, -0.2) is 4.79 Å². The molecule has 0 aliphatic carbocycles. The third-order valence-electron chi connectivity index (χ3n) is 2.14. The standard InChI is InChI=1S/C12H14O3/c1-3-4-6-9-7-5-8-10(11(9)13)12(14)15-2/h3,5,7-8,13H,1,4,6H2,2H3. The van der Waals surface area contributed by atoms with Crippen LogP contribution in [0.3, 0.4) is 0 Å². The van der Waals surface area contributed by atoms with Gasteiger partial charge in [-0.15, -0.1) is 6.58 Å². The van der Waals surface area contributed by atoms with Crippen molar-refractivity contribution in [1.82, 2.24) is 0 Å². The summed E-state index contributed by atoms with van der Waals surface area (Å²) >= 11 is 0. The molecular weight excluding hydrogens is 192 g/mol. The third kappa shape index (κ3) is 2.59. The van der Waals surface area contributed by atoms with E-state index in [0.29, 0.717) is 6.42 Å². The molecule has 1 aromatic carbocycles. The Balaban J connectivity index is 2.99. The molecule has 15 heavy (non-hydrogen) atoms. The number of para-hydroxylation sites is 1. The minimum atomic E-state index is -0.520. The number of aryl methyl sites for hydroxylation is 1. The summed E-state index contributed by atoms with van der Waals surface area (Å²) in [5, 5.41) is 9.78. The van der Waals surface area contributed by atoms with Crippen LogP contribution in [0.4, 0.5) is 0 Å². The summed E-state index contributed by atoms with van der Waals surface area (Å²) in [7, 11) is 1.29. The summed E-state index contributed by atoms with van der Waals surface area (Å²) in [4.78, 5) is 11.3. The van der Waals surface area contributed by atoms with Crippen molar-refractivity contribution in [3.63, 3.8) is 0 Å². The van der Waals surface area contributed by atoms with Gasteiger partial charge in [0.1, 0.15) is 11.3 Å². The zero-order valence-corrected chi connectivity index (χ0v) is 8.69. The zero-order chi connectivity index (χ0) is 11.3. The maximum Gasteiger partial charge on any atom is 0.341 e. The van der Waals surface area contributed by atoms with Crippen molar-refractivity contribution in [2.45, 2.75) is 12.8 Å². The molecule has 0 aliphatic rings. The Morgan fingerprint density at radius 2 is 2.33 bits per heavy atom. The molecule has 0 spiro atoms. The van der Waals surface area contributed by atoms with E-state index in [9.17, 15) is 9.90 Å². The van der Waals surface area contributed by atoms with Crippen molar-refractivity contribution in [3.8, 4) is 5.75 Å². The van der Waals surface area contributed by atoms with Gasteiger partial charge in [0.25, 0.3) is 0 Å². The maximum atomic E-state index is 11.3. The normalized spacial score (nSPS) is 9.67. The van der Waals surface area contributed by atoms with Crippen molar-refractivity contribution in [2.24, 2.45) is 0 Å². The molecule has 0 radical (unpaired) electrons. The van der Waals surface area contributed by atoms with Gasteiger partial charge >= 0.3 is 5.97 Å². The molecule has 0 fully saturated rings. The fourth-order valence-corrected chi connectivity index (χ4v) is 1.33. The molecule has 0 saturated carbocycles. The molecule has 0 atom stereocenters. The molecule has 3 nitrogen and oxygen atoms in total. The molecule has 3 heteroatoms. The SMILES string of the molecule is C=CCCc1cccc(C(=O)OC)c1O. The van der Waals surface area contributed by atoms with Crippen LogP contribution in [0.2, 0.25) is 0 Å². The summed E-state index contributed by atoms with van der Waals surface area (Å²) in [5.41, 5.74) is 0.942. The molecule has 1 N–H and O–H groups in total. The highest BCUT2D eigenvalue weighted by Crippen LogP contribution is 2.24. The number of ether oxygens (including phenoxy) is 1. The van der Waals surface area contributed by atoms with Gasteiger partial charge in [-0.3, -0.25) is 0 Å². The van der Waals surface area contributed by atoms with Crippen LogP contribution in [-0.4, -0.2) is 18.2 Å². The summed E-state index contributed by atoms with van der Waals surface area (Å²) < 4.78 is 4.56. The molecule has 0 aliphatic heterocycles. The minimum absolute atomic E-state index is 0.00574. The quantitative estimate of drug-likeness (QED) is 0.607. The number of hydrogen-bond acceptors (Lipinski definition) is 3. The highest BCUT2D eigenvalue weighted by atomic mass is 16.5. The lowest BCUT2D eigenvalue weighted by atomic mass is 10.0. The molecule has 0 aromatic heterocycles. The molecule has 1 rings (SSSR count). The molecular formula is C12H14O3. The summed E-state index contributed by atoms with van der Waals surface area (Å²) in [6.45, 7) is 3.61. The minimum Gasteiger partial charge on any atom is -0.507 e. The van der Waals surface area contributed by atoms with Crippen LogP contribution in [0.25, 0.3) is 0 Å². The van der Waals surface area contributed by atoms with Crippen LogP contribution in [0.15, 0.2) is 30.9 Å². The van der Waals surface area contributed by atoms with Crippen molar-refractivity contribution >= 4 is 5.97 Å². The van der Waals surface area contributed by atoms with Gasteiger partial charge < -0.3 is 9.84 Å². The van der Waals surface area contributed by atoms with Crippen molar-refractivity contribution < 1.29 is 14.6 Å². The Labute approximate surface area is 89.0 Å². The van der Waals surface area contributed by atoms with E-state index < -0.39 is 5.97 Å². The summed E-state index contributed by atoms with van der Waals surface area (Å²) in [6.07, 6.45) is 3.20. The van der Waals surface area contributed by atoms with Gasteiger partial charge in [-0.05, 0) is 24.5 Å². The molecule has 0 bridgehead atoms. The first-order chi connectivity index (χ1) is 7.20. The number of esters is 1. The zero-order valence-electron chi connectivity index (χ0n) is 8.69. The highest BCUT2D eigenvalue weighted by molar-refractivity contribution is 5.92. The van der Waals surface area contributed by atoms with Crippen molar-refractivity contribution in [3.05, 3.63) is 42.0 Å². The lowest BCUT2D eigenvalue weighted by Crippen LogP contribution is -2.02. The predicted octanol–water partition coefficient (Wildman–Crippen LogP) is 2.30. The smallest absolute Gasteiger partial charge is 0.341 e. The number of hydrogen-bond donors (Lipinski definition) is 1. The Bertz CT molecular complexity index is 369. The lowest BCUT2D eigenvalue weighted by molar-refractivity contribution is 0.0597. The Kier molecular flexibility index (Phi) is 3.92. The number of methoxy groups -OCH3 is 1. The van der Waals surface area contributed by atoms with E-state index in [0.717, 1.165) is 12.0 Å². The first kappa shape index (κ1) is 11.3. The molecule has 0 unspecified atom stereocenters. The van der Waals surface area contributed by atoms with E-state index >= 15 is 0 Å². The monoisotopic (exact) mass is 206 g/mol. The van der Waals surface area contributed by atoms with Gasteiger partial charge in [-0.1, -0.05) is 18.2 Å². The highest BCUT2D eigenvalue weighted by Gasteiger charge is 2.13. The van der Waals surface area contributed by atoms with Crippen molar-refractivity contribution in [1.29, 1.82) is 0 Å². The second kappa shape index (κ2) is 5.20. The largest absolute Gasteiger partial charge is 0.507 e. The number of carbonyl (C=O) groups excluding carboxylic acids is 1. The van der Waals surface area contributed by atoms with Gasteiger partial charge in [0.05, 0.1) is 7.11 Å². The lowest BCUT2D eigenvalue weighted by Gasteiger charge is -2.07. The third-order valence-corrected chi connectivity index (χ3v) is 2.14. The van der Waals surface area contributed by atoms with Crippen LogP contribution < -0.4 is 0 Å². The molecule has 80 valence electrons. The van der Waals surface area contributed by atoms with Gasteiger partial charge in [0.2, 0.25) is 0 Å². The second-order valence-corrected chi connectivity index (χ2v) is 3.13. The Morgan fingerprint density at radius 3 is 2.93 bits per heavy atom. The van der Waals surface area contributed by atoms with E-state index in [2.05, 4.69) is 11.3 Å². The van der Waals surface area contributed by atoms with Crippen LogP contribution in [-0.2, 0) is 11.2 Å². The average molecular weight is 206 g/mol. The molecule has 1 aromatic rings. The van der Waals surface area contributed by atoms with Crippen LogP contribution in [0, 0.1) is 0 Å². The second-order valence-electron chi connectivity index (χ2n) is 3.13. The number of aromatic hydroxyl groups is 1. The number of rotatable bonds is 4. The van der Waals surface area contributed by atoms with E-state index in [-0.39, 0.29) is 11.3 Å². The van der Waals surface area contributed by atoms with Gasteiger partial charge in [0.15, 0.2) is 0 Å². The van der Waals surface area contributed by atoms with E-state index in [1.54, 1.807) is 24.3 Å². The molecule has 0 heterocycles. The number of benzene rings is 1. The van der Waals surface area contributed by atoms with Crippen LogP contribution in [0.1, 0.15) is 22.3 Å². The Morgan fingerprint density at radius 1 is 1.60 bits per heavy atom. The topological polar surface area (TPSA) is 46.5 Å². The van der Waals surface area contributed by atoms with Crippen molar-refractivity contribution in [2.75, 3.05) is 7.11 Å². The van der Waals surface area contributed by atoms with E-state index in [4.69, 9.17) is 0 Å². The summed E-state index contributed by atoms with van der Waals surface area (Å²) in [5.74, 6) is -0.515. The number of phenolic OH excluding ortho intramolecular Hbond substituents is 1. The Hall–Kier alpha value is -1.77. The first-order valence-corrected chi connectivity index (χ1v) is 4.70. The average Bonchev–Trinajstić information content (AvgIpc) is 2.27. The summed E-state index contributed by atoms with van der Waals surface area (Å²) in [6, 6.07) is 5.05. The van der Waals surface area contributed by atoms with E-state index in [1.807, 2.05) is 0 Å². The first-order valence-electron chi connectivity index (χ1n) is 4.70. The number of phenols is 1. The van der Waals surface area contributed by atoms with Crippen LogP contribution >= 0.6 is 0 Å². The van der Waals surface area contributed by atoms with Gasteiger partial charge in [-0.2, -0.15) is 0 Å².